The Morgan fingerprint density at radius 1 is 0.971 bits per heavy atom. The molecule has 0 radical (unpaired) electrons. The van der Waals surface area contributed by atoms with Gasteiger partial charge in [0.05, 0.1) is 42.0 Å². The monoisotopic (exact) mass is 474 g/mol. The molecule has 0 saturated heterocycles. The Hall–Kier alpha value is -3.81. The Balaban J connectivity index is 1.81. The first-order valence-corrected chi connectivity index (χ1v) is 11.0. The summed E-state index contributed by atoms with van der Waals surface area (Å²) < 4.78 is 10.3. The molecule has 1 atom stereocenters. The molecule has 0 saturated carbocycles. The molecule has 172 valence electrons. The number of nitrogens with zero attached hydrogens (tertiary/aromatic N) is 4. The van der Waals surface area contributed by atoms with Crippen molar-refractivity contribution in [2.24, 2.45) is 14.1 Å². The molecule has 0 amide bonds. The van der Waals surface area contributed by atoms with Crippen molar-refractivity contribution in [1.29, 1.82) is 0 Å². The minimum absolute atomic E-state index is 0.198. The number of aliphatic hydroxyl groups is 1. The summed E-state index contributed by atoms with van der Waals surface area (Å²) in [7, 11) is 5.15. The quantitative estimate of drug-likeness (QED) is 0.417. The van der Waals surface area contributed by atoms with Gasteiger partial charge in [-0.2, -0.15) is 0 Å². The average molecular weight is 475 g/mol. The number of hydrogen-bond donors (Lipinski definition) is 1. The van der Waals surface area contributed by atoms with Gasteiger partial charge in [-0.25, -0.2) is 9.78 Å². The van der Waals surface area contributed by atoms with Gasteiger partial charge in [0.1, 0.15) is 5.75 Å². The normalized spacial score (nSPS) is 13.2. The summed E-state index contributed by atoms with van der Waals surface area (Å²) in [6, 6.07) is 19.9. The van der Waals surface area contributed by atoms with Gasteiger partial charge in [0.2, 0.25) is 0 Å². The lowest BCUT2D eigenvalue weighted by Gasteiger charge is -2.30. The maximum absolute atomic E-state index is 13.2. The van der Waals surface area contributed by atoms with Crippen LogP contribution in [0, 0.1) is 0 Å². The van der Waals surface area contributed by atoms with E-state index in [1.165, 1.54) is 0 Å². The number of benzene rings is 3. The van der Waals surface area contributed by atoms with Crippen molar-refractivity contribution >= 4 is 22.6 Å². The lowest BCUT2D eigenvalue weighted by Crippen LogP contribution is -2.31. The predicted molar refractivity (Wildman–Crippen MR) is 132 cm³/mol. The summed E-state index contributed by atoms with van der Waals surface area (Å²) >= 11 is 6.13. The van der Waals surface area contributed by atoms with Crippen molar-refractivity contribution in [3.8, 4) is 11.4 Å². The number of ether oxygens (including phenoxy) is 1. The van der Waals surface area contributed by atoms with Gasteiger partial charge in [0.25, 0.3) is 0 Å². The second-order valence-corrected chi connectivity index (χ2v) is 8.63. The van der Waals surface area contributed by atoms with Crippen molar-refractivity contribution in [2.45, 2.75) is 5.60 Å². The Morgan fingerprint density at radius 2 is 1.71 bits per heavy atom. The predicted octanol–water partition coefficient (Wildman–Crippen LogP) is 4.01. The summed E-state index contributed by atoms with van der Waals surface area (Å²) in [5.74, 6) is 0.644. The summed E-state index contributed by atoms with van der Waals surface area (Å²) in [5, 5.41) is 12.8. The first kappa shape index (κ1) is 22.0. The molecule has 2 aromatic heterocycles. The van der Waals surface area contributed by atoms with Gasteiger partial charge < -0.3 is 14.4 Å². The van der Waals surface area contributed by atoms with Gasteiger partial charge in [-0.1, -0.05) is 35.9 Å². The van der Waals surface area contributed by atoms with Gasteiger partial charge >= 0.3 is 5.69 Å². The molecule has 5 aromatic rings. The van der Waals surface area contributed by atoms with Crippen molar-refractivity contribution in [2.75, 3.05) is 7.11 Å². The topological polar surface area (TPSA) is 74.2 Å². The highest BCUT2D eigenvalue weighted by Crippen LogP contribution is 2.38. The first-order chi connectivity index (χ1) is 16.3. The molecule has 0 aliphatic carbocycles. The summed E-state index contributed by atoms with van der Waals surface area (Å²) in [5.41, 5.74) is 2.14. The SMILES string of the molecule is COc1cccc(-n2c(=O)n(C)c3ccc(C(O)(c4ccc(Cl)cc4)c4cncn4C)cc32)c1. The van der Waals surface area contributed by atoms with Crippen LogP contribution in [-0.4, -0.2) is 30.9 Å². The van der Waals surface area contributed by atoms with E-state index in [-0.39, 0.29) is 5.69 Å². The lowest BCUT2D eigenvalue weighted by atomic mass is 9.83. The van der Waals surface area contributed by atoms with E-state index in [9.17, 15) is 9.90 Å². The smallest absolute Gasteiger partial charge is 0.333 e. The summed E-state index contributed by atoms with van der Waals surface area (Å²) in [6.07, 6.45) is 3.28. The fourth-order valence-corrected chi connectivity index (χ4v) is 4.55. The molecule has 2 heterocycles. The number of fused-ring (bicyclic) bond motifs is 1. The number of hydrogen-bond acceptors (Lipinski definition) is 4. The second kappa shape index (κ2) is 8.20. The zero-order valence-electron chi connectivity index (χ0n) is 18.9. The van der Waals surface area contributed by atoms with E-state index >= 15 is 0 Å². The fraction of sp³-hybridized carbons (Fsp3) is 0.154. The van der Waals surface area contributed by atoms with Crippen LogP contribution in [0.15, 0.2) is 84.0 Å². The molecule has 8 heteroatoms. The molecule has 5 rings (SSSR count). The van der Waals surface area contributed by atoms with Crippen LogP contribution >= 0.6 is 11.6 Å². The van der Waals surface area contributed by atoms with Gasteiger partial charge in [0.15, 0.2) is 5.60 Å². The van der Waals surface area contributed by atoms with Gasteiger partial charge in [0, 0.05) is 25.2 Å². The van der Waals surface area contributed by atoms with Crippen LogP contribution in [-0.2, 0) is 19.7 Å². The molecule has 0 aliphatic heterocycles. The van der Waals surface area contributed by atoms with Crippen LogP contribution in [0.25, 0.3) is 16.7 Å². The maximum Gasteiger partial charge on any atom is 0.333 e. The van der Waals surface area contributed by atoms with Crippen LogP contribution in [0.3, 0.4) is 0 Å². The number of halogens is 1. The summed E-state index contributed by atoms with van der Waals surface area (Å²) in [4.78, 5) is 17.5. The average Bonchev–Trinajstić information content (AvgIpc) is 3.39. The molecule has 3 aromatic carbocycles. The van der Waals surface area contributed by atoms with E-state index in [0.29, 0.717) is 38.8 Å². The Morgan fingerprint density at radius 3 is 2.38 bits per heavy atom. The van der Waals surface area contributed by atoms with E-state index < -0.39 is 5.60 Å². The van der Waals surface area contributed by atoms with E-state index in [4.69, 9.17) is 16.3 Å². The van der Waals surface area contributed by atoms with E-state index in [2.05, 4.69) is 4.98 Å². The summed E-state index contributed by atoms with van der Waals surface area (Å²) in [6.45, 7) is 0. The highest BCUT2D eigenvalue weighted by atomic mass is 35.5. The van der Waals surface area contributed by atoms with E-state index in [0.717, 1.165) is 5.52 Å². The molecule has 0 fully saturated rings. The number of imidazole rings is 2. The van der Waals surface area contributed by atoms with Gasteiger partial charge in [-0.15, -0.1) is 0 Å². The molecule has 7 nitrogen and oxygen atoms in total. The highest BCUT2D eigenvalue weighted by Gasteiger charge is 2.37. The Bertz CT molecular complexity index is 1570. The number of aromatic nitrogens is 4. The maximum atomic E-state index is 13.2. The molecule has 1 N–H and O–H groups in total. The molecule has 34 heavy (non-hydrogen) atoms. The van der Waals surface area contributed by atoms with E-state index in [1.807, 2.05) is 43.4 Å². The van der Waals surface area contributed by atoms with E-state index in [1.54, 1.807) is 70.7 Å². The molecule has 0 aliphatic rings. The van der Waals surface area contributed by atoms with Crippen LogP contribution in [0.1, 0.15) is 16.8 Å². The third-order valence-electron chi connectivity index (χ3n) is 6.23. The van der Waals surface area contributed by atoms with Crippen LogP contribution in [0.4, 0.5) is 0 Å². The van der Waals surface area contributed by atoms with Gasteiger partial charge in [-0.05, 0) is 47.5 Å². The zero-order valence-corrected chi connectivity index (χ0v) is 19.7. The van der Waals surface area contributed by atoms with Crippen molar-refractivity contribution in [3.05, 3.63) is 112 Å². The number of methoxy groups -OCH3 is 1. The molecular weight excluding hydrogens is 452 g/mol. The van der Waals surface area contributed by atoms with Crippen molar-refractivity contribution in [1.82, 2.24) is 18.7 Å². The third kappa shape index (κ3) is 3.32. The van der Waals surface area contributed by atoms with Crippen molar-refractivity contribution in [3.63, 3.8) is 0 Å². The Kier molecular flexibility index (Phi) is 5.31. The molecule has 1 unspecified atom stereocenters. The second-order valence-electron chi connectivity index (χ2n) is 8.19. The third-order valence-corrected chi connectivity index (χ3v) is 6.49. The molecule has 0 bridgehead atoms. The van der Waals surface area contributed by atoms with Crippen LogP contribution < -0.4 is 10.4 Å². The van der Waals surface area contributed by atoms with Crippen LogP contribution in [0.5, 0.6) is 5.75 Å². The molecule has 0 spiro atoms. The minimum Gasteiger partial charge on any atom is -0.497 e. The zero-order chi connectivity index (χ0) is 24.0. The minimum atomic E-state index is -1.53. The lowest BCUT2D eigenvalue weighted by molar-refractivity contribution is 0.117. The number of rotatable bonds is 5. The first-order valence-electron chi connectivity index (χ1n) is 10.7. The molecular formula is C26H23ClN4O3. The highest BCUT2D eigenvalue weighted by molar-refractivity contribution is 6.30. The standard InChI is InChI=1S/C26H23ClN4O3/c1-29-16-28-15-24(29)26(33,17-7-10-19(27)11-8-17)18-9-12-22-23(13-18)31(25(32)30(22)2)20-5-4-6-21(14-20)34-3/h4-16,33H,1-3H3. The largest absolute Gasteiger partial charge is 0.497 e. The van der Waals surface area contributed by atoms with Crippen LogP contribution in [0.2, 0.25) is 5.02 Å². The fourth-order valence-electron chi connectivity index (χ4n) is 4.43. The Labute approximate surface area is 201 Å². The van der Waals surface area contributed by atoms with Gasteiger partial charge in [-0.3, -0.25) is 9.13 Å². The van der Waals surface area contributed by atoms with Crippen molar-refractivity contribution < 1.29 is 9.84 Å². The number of aryl methyl sites for hydroxylation is 2.